The maximum atomic E-state index is 3.48. The van der Waals surface area contributed by atoms with E-state index in [9.17, 15) is 0 Å². The van der Waals surface area contributed by atoms with E-state index in [0.29, 0.717) is 0 Å². The highest BCUT2D eigenvalue weighted by molar-refractivity contribution is 4.90. The van der Waals surface area contributed by atoms with Crippen LogP contribution < -0.4 is 5.32 Å². The van der Waals surface area contributed by atoms with Crippen molar-refractivity contribution in [3.63, 3.8) is 0 Å². The summed E-state index contributed by atoms with van der Waals surface area (Å²) < 4.78 is 0. The van der Waals surface area contributed by atoms with Crippen molar-refractivity contribution in [2.75, 3.05) is 39.3 Å². The molecule has 1 saturated carbocycles. The van der Waals surface area contributed by atoms with Crippen LogP contribution in [0.3, 0.4) is 0 Å². The van der Waals surface area contributed by atoms with Gasteiger partial charge in [-0.25, -0.2) is 0 Å². The molecule has 3 heteroatoms. The number of nitrogens with zero attached hydrogens (tertiary/aromatic N) is 2. The summed E-state index contributed by atoms with van der Waals surface area (Å²) in [6.07, 6.45) is 14.8. The van der Waals surface area contributed by atoms with E-state index in [1.807, 2.05) is 0 Å². The second-order valence-electron chi connectivity index (χ2n) is 11.0. The fourth-order valence-corrected chi connectivity index (χ4v) is 5.88. The van der Waals surface area contributed by atoms with Crippen molar-refractivity contribution in [3.05, 3.63) is 0 Å². The Hall–Kier alpha value is -0.120. The van der Waals surface area contributed by atoms with Gasteiger partial charge in [-0.15, -0.1) is 0 Å². The van der Waals surface area contributed by atoms with Gasteiger partial charge in [-0.1, -0.05) is 19.3 Å². The number of rotatable bonds is 4. The van der Waals surface area contributed by atoms with Crippen LogP contribution in [0.4, 0.5) is 0 Å². The Labute approximate surface area is 176 Å². The van der Waals surface area contributed by atoms with Crippen LogP contribution in [0.5, 0.6) is 0 Å². The Morgan fingerprint density at radius 1 is 0.714 bits per heavy atom. The third-order valence-electron chi connectivity index (χ3n) is 8.52. The summed E-state index contributed by atoms with van der Waals surface area (Å²) in [6, 6.07) is 1.51. The molecule has 4 rings (SSSR count). The first-order valence-corrected chi connectivity index (χ1v) is 12.7. The molecule has 3 nitrogen and oxygen atoms in total. The molecule has 0 aromatic heterocycles. The molecule has 0 unspecified atom stereocenters. The molecule has 1 aliphatic carbocycles. The molecule has 4 aliphatic rings. The molecular formula is C25H49N3. The van der Waals surface area contributed by atoms with E-state index in [4.69, 9.17) is 0 Å². The lowest BCUT2D eigenvalue weighted by Gasteiger charge is -2.45. The molecule has 1 N–H and O–H groups in total. The van der Waals surface area contributed by atoms with Crippen LogP contribution >= 0.6 is 0 Å². The lowest BCUT2D eigenvalue weighted by molar-refractivity contribution is 0.0582. The van der Waals surface area contributed by atoms with Crippen LogP contribution in [0, 0.1) is 17.3 Å². The molecule has 0 bridgehead atoms. The Kier molecular flexibility index (Phi) is 8.68. The van der Waals surface area contributed by atoms with Gasteiger partial charge >= 0.3 is 0 Å². The first-order valence-electron chi connectivity index (χ1n) is 12.7. The zero-order valence-electron chi connectivity index (χ0n) is 19.5. The van der Waals surface area contributed by atoms with Gasteiger partial charge in [0, 0.05) is 12.1 Å². The summed E-state index contributed by atoms with van der Waals surface area (Å²) >= 11 is 0. The highest BCUT2D eigenvalue weighted by Gasteiger charge is 2.35. The van der Waals surface area contributed by atoms with Crippen molar-refractivity contribution in [1.29, 1.82) is 0 Å². The summed E-state index contributed by atoms with van der Waals surface area (Å²) in [5, 5.41) is 3.48. The highest BCUT2D eigenvalue weighted by atomic mass is 15.2. The van der Waals surface area contributed by atoms with Gasteiger partial charge in [-0.3, -0.25) is 0 Å². The minimum atomic E-state index is 0.719. The van der Waals surface area contributed by atoms with Gasteiger partial charge < -0.3 is 15.1 Å². The minimum Gasteiger partial charge on any atom is -0.317 e. The topological polar surface area (TPSA) is 18.5 Å². The average molecular weight is 392 g/mol. The zero-order valence-corrected chi connectivity index (χ0v) is 19.5. The molecule has 4 fully saturated rings. The van der Waals surface area contributed by atoms with E-state index in [0.717, 1.165) is 29.3 Å². The first kappa shape index (κ1) is 22.6. The summed E-state index contributed by atoms with van der Waals surface area (Å²) in [5.74, 6) is 2.18. The highest BCUT2D eigenvalue weighted by Crippen LogP contribution is 2.39. The van der Waals surface area contributed by atoms with Crippen LogP contribution in [0.25, 0.3) is 0 Å². The smallest absolute Gasteiger partial charge is 0.00385 e. The summed E-state index contributed by atoms with van der Waals surface area (Å²) in [5.41, 5.74) is 0.719. The molecule has 1 spiro atoms. The SMILES string of the molecule is CC(C)N1CCC(CC2CCC2)CC1.CC(C)N1CCC2(CCNCC2)CC1. The second-order valence-corrected chi connectivity index (χ2v) is 11.0. The molecule has 0 amide bonds. The van der Waals surface area contributed by atoms with E-state index in [1.54, 1.807) is 6.42 Å². The largest absolute Gasteiger partial charge is 0.317 e. The van der Waals surface area contributed by atoms with E-state index >= 15 is 0 Å². The van der Waals surface area contributed by atoms with Crippen molar-refractivity contribution >= 4 is 0 Å². The number of nitrogens with one attached hydrogen (secondary N) is 1. The Morgan fingerprint density at radius 2 is 1.21 bits per heavy atom. The normalized spacial score (nSPS) is 27.6. The van der Waals surface area contributed by atoms with Gasteiger partial charge in [0.2, 0.25) is 0 Å². The molecule has 3 heterocycles. The third-order valence-corrected chi connectivity index (χ3v) is 8.52. The van der Waals surface area contributed by atoms with Crippen LogP contribution in [0.15, 0.2) is 0 Å². The monoisotopic (exact) mass is 391 g/mol. The Bertz CT molecular complexity index is 419. The number of likely N-dealkylation sites (tertiary alicyclic amines) is 2. The number of hydrogen-bond acceptors (Lipinski definition) is 3. The van der Waals surface area contributed by atoms with Crippen molar-refractivity contribution in [2.45, 2.75) is 104 Å². The Balaban J connectivity index is 0.000000161. The first-order chi connectivity index (χ1) is 13.5. The third kappa shape index (κ3) is 6.44. The van der Waals surface area contributed by atoms with Crippen molar-refractivity contribution in [3.8, 4) is 0 Å². The maximum absolute atomic E-state index is 3.48. The standard InChI is InChI=1S/C13H25N.C12H24N2/c1-11(2)14-8-6-13(7-9-14)10-12-4-3-5-12;1-11(2)14-9-5-12(6-10-14)3-7-13-8-4-12/h11-13H,3-10H2,1-2H3;11,13H,3-10H2,1-2H3. The fourth-order valence-electron chi connectivity index (χ4n) is 5.88. The molecular weight excluding hydrogens is 342 g/mol. The van der Waals surface area contributed by atoms with Crippen LogP contribution in [0.2, 0.25) is 0 Å². The van der Waals surface area contributed by atoms with Gasteiger partial charge in [-0.05, 0) is 129 Å². The van der Waals surface area contributed by atoms with Gasteiger partial charge in [0.15, 0.2) is 0 Å². The van der Waals surface area contributed by atoms with Gasteiger partial charge in [0.1, 0.15) is 0 Å². The maximum Gasteiger partial charge on any atom is 0.00385 e. The van der Waals surface area contributed by atoms with E-state index in [-0.39, 0.29) is 0 Å². The molecule has 0 atom stereocenters. The fraction of sp³-hybridized carbons (Fsp3) is 1.00. The predicted octanol–water partition coefficient (Wildman–Crippen LogP) is 5.16. The van der Waals surface area contributed by atoms with Gasteiger partial charge in [0.05, 0.1) is 0 Å². The molecule has 28 heavy (non-hydrogen) atoms. The molecule has 3 saturated heterocycles. The molecule has 0 aromatic rings. The van der Waals surface area contributed by atoms with E-state index in [1.165, 1.54) is 97.1 Å². The summed E-state index contributed by atoms with van der Waals surface area (Å²) in [4.78, 5) is 5.27. The zero-order chi connectivity index (χ0) is 20.0. The lowest BCUT2D eigenvalue weighted by Crippen LogP contribution is -2.47. The van der Waals surface area contributed by atoms with Crippen LogP contribution in [-0.4, -0.2) is 61.2 Å². The van der Waals surface area contributed by atoms with Crippen LogP contribution in [0.1, 0.15) is 91.9 Å². The summed E-state index contributed by atoms with van der Waals surface area (Å²) in [6.45, 7) is 17.2. The Morgan fingerprint density at radius 3 is 1.68 bits per heavy atom. The number of piperidine rings is 3. The molecule has 3 aliphatic heterocycles. The second kappa shape index (κ2) is 10.8. The van der Waals surface area contributed by atoms with Gasteiger partial charge in [0.25, 0.3) is 0 Å². The van der Waals surface area contributed by atoms with E-state index < -0.39 is 0 Å². The minimum absolute atomic E-state index is 0.719. The molecule has 0 aromatic carbocycles. The van der Waals surface area contributed by atoms with Crippen molar-refractivity contribution in [1.82, 2.24) is 15.1 Å². The number of hydrogen-bond donors (Lipinski definition) is 1. The van der Waals surface area contributed by atoms with Crippen molar-refractivity contribution < 1.29 is 0 Å². The molecule has 0 radical (unpaired) electrons. The summed E-state index contributed by atoms with van der Waals surface area (Å²) in [7, 11) is 0. The van der Waals surface area contributed by atoms with E-state index in [2.05, 4.69) is 42.8 Å². The van der Waals surface area contributed by atoms with Crippen LogP contribution in [-0.2, 0) is 0 Å². The lowest BCUT2D eigenvalue weighted by atomic mass is 9.71. The predicted molar refractivity (Wildman–Crippen MR) is 122 cm³/mol. The average Bonchev–Trinajstić information content (AvgIpc) is 2.67. The quantitative estimate of drug-likeness (QED) is 0.714. The van der Waals surface area contributed by atoms with Crippen molar-refractivity contribution in [2.24, 2.45) is 17.3 Å². The molecule has 164 valence electrons. The van der Waals surface area contributed by atoms with Gasteiger partial charge in [-0.2, -0.15) is 0 Å².